The number of hydrogen-bond acceptors (Lipinski definition) is 7. The minimum absolute atomic E-state index is 0.103. The van der Waals surface area contributed by atoms with E-state index >= 15 is 0 Å². The van der Waals surface area contributed by atoms with Gasteiger partial charge in [0.2, 0.25) is 0 Å². The summed E-state index contributed by atoms with van der Waals surface area (Å²) in [6.45, 7) is 5.36. The van der Waals surface area contributed by atoms with E-state index in [1.54, 1.807) is 50.2 Å². The molecule has 1 N–H and O–H groups in total. The number of aliphatic hydroxyl groups is 1. The van der Waals surface area contributed by atoms with Crippen molar-refractivity contribution in [1.29, 1.82) is 0 Å². The van der Waals surface area contributed by atoms with Crippen LogP contribution in [0.3, 0.4) is 0 Å². The number of hydrogen-bond donors (Lipinski definition) is 1. The van der Waals surface area contributed by atoms with Gasteiger partial charge in [-0.25, -0.2) is 9.78 Å². The van der Waals surface area contributed by atoms with Crippen molar-refractivity contribution in [2.24, 2.45) is 0 Å². The molecule has 10 heteroatoms. The molecule has 1 saturated heterocycles. The molecule has 35 heavy (non-hydrogen) atoms. The van der Waals surface area contributed by atoms with Gasteiger partial charge in [-0.1, -0.05) is 70.4 Å². The molecule has 1 aliphatic rings. The number of anilines is 1. The predicted octanol–water partition coefficient (Wildman–Crippen LogP) is 5.87. The number of carbonyl (C=O) groups excluding carboxylic acids is 3. The SMILES string of the molecule is CCOC(=O)c1sc(N2C(=O)C(=O)C(=C(O)c3ccc(C)cc3)[C@H]2c2ccc(Cl)cc2Cl)nc1C. The largest absolute Gasteiger partial charge is 0.507 e. The summed E-state index contributed by atoms with van der Waals surface area (Å²) in [7, 11) is 0. The number of nitrogens with zero attached hydrogens (tertiary/aromatic N) is 2. The van der Waals surface area contributed by atoms with Crippen molar-refractivity contribution in [1.82, 2.24) is 4.98 Å². The van der Waals surface area contributed by atoms with Crippen molar-refractivity contribution in [2.75, 3.05) is 11.5 Å². The fourth-order valence-corrected chi connectivity index (χ4v) is 5.28. The van der Waals surface area contributed by atoms with Gasteiger partial charge < -0.3 is 9.84 Å². The normalized spacial score (nSPS) is 17.2. The molecule has 0 spiro atoms. The summed E-state index contributed by atoms with van der Waals surface area (Å²) in [5.74, 6) is -2.73. The minimum Gasteiger partial charge on any atom is -0.507 e. The van der Waals surface area contributed by atoms with Crippen LogP contribution in [0.5, 0.6) is 0 Å². The Bertz CT molecular complexity index is 1380. The van der Waals surface area contributed by atoms with Crippen LogP contribution in [0.25, 0.3) is 5.76 Å². The van der Waals surface area contributed by atoms with E-state index in [9.17, 15) is 19.5 Å². The summed E-state index contributed by atoms with van der Waals surface area (Å²) in [4.78, 5) is 44.7. The molecule has 2 heterocycles. The lowest BCUT2D eigenvalue weighted by Gasteiger charge is -2.24. The van der Waals surface area contributed by atoms with Gasteiger partial charge in [0.1, 0.15) is 10.6 Å². The first-order chi connectivity index (χ1) is 16.6. The minimum atomic E-state index is -1.10. The molecular weight excluding hydrogens is 511 g/mol. The molecule has 0 bridgehead atoms. The maximum atomic E-state index is 13.3. The maximum absolute atomic E-state index is 13.3. The lowest BCUT2D eigenvalue weighted by Crippen LogP contribution is -2.29. The fourth-order valence-electron chi connectivity index (χ4n) is 3.79. The monoisotopic (exact) mass is 530 g/mol. The standard InChI is InChI=1S/C25H20Cl2N2O5S/c1-4-34-24(33)22-13(3)28-25(35-22)29-19(16-10-9-15(26)11-17(16)27)18(21(31)23(29)32)20(30)14-7-5-12(2)6-8-14/h5-11,19,30H,4H2,1-3H3/t19-/m1/s1. The number of aryl methyl sites for hydroxylation is 2. The Balaban J connectivity index is 1.94. The molecule has 1 amide bonds. The number of thiazole rings is 1. The van der Waals surface area contributed by atoms with E-state index in [4.69, 9.17) is 27.9 Å². The molecular formula is C25H20Cl2N2O5S. The number of benzene rings is 2. The third-order valence-corrected chi connectivity index (χ3v) is 7.18. The van der Waals surface area contributed by atoms with Gasteiger partial charge in [0.05, 0.1) is 23.9 Å². The van der Waals surface area contributed by atoms with Crippen LogP contribution in [0.4, 0.5) is 5.13 Å². The summed E-state index contributed by atoms with van der Waals surface area (Å²) >= 11 is 13.5. The topological polar surface area (TPSA) is 96.8 Å². The quantitative estimate of drug-likeness (QED) is 0.192. The second-order valence-electron chi connectivity index (χ2n) is 7.83. The van der Waals surface area contributed by atoms with Crippen LogP contribution < -0.4 is 4.90 Å². The Hall–Kier alpha value is -3.20. The first kappa shape index (κ1) is 24.9. The van der Waals surface area contributed by atoms with Crippen molar-refractivity contribution in [3.05, 3.63) is 85.3 Å². The fraction of sp³-hybridized carbons (Fsp3) is 0.200. The number of amides is 1. The van der Waals surface area contributed by atoms with E-state index in [-0.39, 0.29) is 33.0 Å². The van der Waals surface area contributed by atoms with Gasteiger partial charge in [-0.15, -0.1) is 0 Å². The molecule has 1 aromatic heterocycles. The van der Waals surface area contributed by atoms with Gasteiger partial charge in [0.15, 0.2) is 5.13 Å². The molecule has 0 radical (unpaired) electrons. The second kappa shape index (κ2) is 9.81. The molecule has 3 aromatic rings. The summed E-state index contributed by atoms with van der Waals surface area (Å²) < 4.78 is 5.08. The average Bonchev–Trinajstić information content (AvgIpc) is 3.31. The summed E-state index contributed by atoms with van der Waals surface area (Å²) in [6, 6.07) is 10.4. The molecule has 0 saturated carbocycles. The number of Topliss-reactive ketones (excluding diaryl/α,β-unsaturated/α-hetero) is 1. The molecule has 7 nitrogen and oxygen atoms in total. The maximum Gasteiger partial charge on any atom is 0.350 e. The Morgan fingerprint density at radius 2 is 1.83 bits per heavy atom. The highest BCUT2D eigenvalue weighted by atomic mass is 35.5. The van der Waals surface area contributed by atoms with Gasteiger partial charge in [-0.2, -0.15) is 0 Å². The van der Waals surface area contributed by atoms with Crippen molar-refractivity contribution >= 4 is 63.1 Å². The number of aliphatic hydroxyl groups excluding tert-OH is 1. The number of ether oxygens (including phenoxy) is 1. The van der Waals surface area contributed by atoms with E-state index in [0.29, 0.717) is 21.8 Å². The number of rotatable bonds is 5. The third-order valence-electron chi connectivity index (χ3n) is 5.48. The number of halogens is 2. The van der Waals surface area contributed by atoms with E-state index in [0.717, 1.165) is 21.8 Å². The van der Waals surface area contributed by atoms with Crippen LogP contribution >= 0.6 is 34.5 Å². The predicted molar refractivity (Wildman–Crippen MR) is 135 cm³/mol. The van der Waals surface area contributed by atoms with E-state index in [1.807, 2.05) is 6.92 Å². The molecule has 2 aromatic carbocycles. The Labute approximate surface area is 215 Å². The van der Waals surface area contributed by atoms with E-state index in [2.05, 4.69) is 4.98 Å². The van der Waals surface area contributed by atoms with E-state index < -0.39 is 23.7 Å². The molecule has 180 valence electrons. The lowest BCUT2D eigenvalue weighted by atomic mass is 9.95. The second-order valence-corrected chi connectivity index (χ2v) is 9.65. The molecule has 4 rings (SSSR count). The summed E-state index contributed by atoms with van der Waals surface area (Å²) in [5.41, 5.74) is 1.91. The van der Waals surface area contributed by atoms with Crippen LogP contribution in [0.15, 0.2) is 48.0 Å². The smallest absolute Gasteiger partial charge is 0.350 e. The number of carbonyl (C=O) groups is 3. The lowest BCUT2D eigenvalue weighted by molar-refractivity contribution is -0.132. The zero-order valence-electron chi connectivity index (χ0n) is 19.0. The van der Waals surface area contributed by atoms with Crippen LogP contribution in [0, 0.1) is 13.8 Å². The van der Waals surface area contributed by atoms with Gasteiger partial charge in [0.25, 0.3) is 5.78 Å². The van der Waals surface area contributed by atoms with Crippen molar-refractivity contribution in [3.8, 4) is 0 Å². The van der Waals surface area contributed by atoms with Crippen LogP contribution in [0.1, 0.15) is 45.0 Å². The average molecular weight is 531 g/mol. The molecule has 1 atom stereocenters. The Morgan fingerprint density at radius 3 is 2.46 bits per heavy atom. The van der Waals surface area contributed by atoms with Gasteiger partial charge >= 0.3 is 11.9 Å². The highest BCUT2D eigenvalue weighted by Crippen LogP contribution is 2.46. The van der Waals surface area contributed by atoms with Crippen molar-refractivity contribution in [3.63, 3.8) is 0 Å². The number of aromatic nitrogens is 1. The van der Waals surface area contributed by atoms with Gasteiger partial charge in [0, 0.05) is 15.6 Å². The first-order valence-electron chi connectivity index (χ1n) is 10.6. The zero-order valence-corrected chi connectivity index (χ0v) is 21.3. The highest BCUT2D eigenvalue weighted by molar-refractivity contribution is 7.17. The van der Waals surface area contributed by atoms with Crippen LogP contribution in [-0.2, 0) is 14.3 Å². The molecule has 1 fully saturated rings. The van der Waals surface area contributed by atoms with Crippen molar-refractivity contribution in [2.45, 2.75) is 26.8 Å². The first-order valence-corrected chi connectivity index (χ1v) is 12.2. The zero-order chi connectivity index (χ0) is 25.4. The summed E-state index contributed by atoms with van der Waals surface area (Å²) in [6.07, 6.45) is 0. The van der Waals surface area contributed by atoms with Gasteiger partial charge in [-0.05, 0) is 38.5 Å². The Morgan fingerprint density at radius 1 is 1.14 bits per heavy atom. The van der Waals surface area contributed by atoms with Crippen LogP contribution in [-0.4, -0.2) is 34.4 Å². The molecule has 0 unspecified atom stereocenters. The van der Waals surface area contributed by atoms with E-state index in [1.165, 1.54) is 6.07 Å². The molecule has 0 aliphatic carbocycles. The molecule has 1 aliphatic heterocycles. The van der Waals surface area contributed by atoms with Crippen molar-refractivity contribution < 1.29 is 24.2 Å². The van der Waals surface area contributed by atoms with Crippen LogP contribution in [0.2, 0.25) is 10.0 Å². The highest BCUT2D eigenvalue weighted by Gasteiger charge is 2.49. The summed E-state index contributed by atoms with van der Waals surface area (Å²) in [5, 5.41) is 11.8. The number of ketones is 1. The Kier molecular flexibility index (Phi) is 6.98. The third kappa shape index (κ3) is 4.57. The number of esters is 1. The van der Waals surface area contributed by atoms with Gasteiger partial charge in [-0.3, -0.25) is 14.5 Å².